The smallest absolute Gasteiger partial charge is 0.0958 e. The highest BCUT2D eigenvalue weighted by Gasteiger charge is 2.13. The van der Waals surface area contributed by atoms with Crippen LogP contribution in [-0.4, -0.2) is 6.04 Å². The zero-order valence-corrected chi connectivity index (χ0v) is 7.46. The molecule has 0 saturated heterocycles. The summed E-state index contributed by atoms with van der Waals surface area (Å²) in [5.41, 5.74) is 2.72. The number of aryl methyl sites for hydroxylation is 1. The zero-order chi connectivity index (χ0) is 9.10. The summed E-state index contributed by atoms with van der Waals surface area (Å²) >= 11 is 0. The number of fused-ring (bicyclic) bond motifs is 1. The molecule has 1 N–H and O–H groups in total. The fourth-order valence-corrected chi connectivity index (χ4v) is 1.72. The minimum atomic E-state index is 0.0207. The molecule has 1 atom stereocenters. The second-order valence-electron chi connectivity index (χ2n) is 3.37. The van der Waals surface area contributed by atoms with Crippen molar-refractivity contribution in [1.29, 1.82) is 5.26 Å². The Morgan fingerprint density at radius 3 is 2.85 bits per heavy atom. The van der Waals surface area contributed by atoms with Crippen LogP contribution in [-0.2, 0) is 13.0 Å². The van der Waals surface area contributed by atoms with Crippen LogP contribution in [0.1, 0.15) is 17.5 Å². The van der Waals surface area contributed by atoms with Gasteiger partial charge in [-0.2, -0.15) is 5.26 Å². The van der Waals surface area contributed by atoms with E-state index >= 15 is 0 Å². The van der Waals surface area contributed by atoms with Crippen molar-refractivity contribution >= 4 is 0 Å². The molecule has 0 aromatic heterocycles. The van der Waals surface area contributed by atoms with E-state index in [4.69, 9.17) is 5.26 Å². The van der Waals surface area contributed by atoms with Gasteiger partial charge < -0.3 is 0 Å². The number of nitriles is 1. The van der Waals surface area contributed by atoms with Crippen LogP contribution >= 0.6 is 0 Å². The fraction of sp³-hybridized carbons (Fsp3) is 0.364. The third-order valence-corrected chi connectivity index (χ3v) is 2.52. The summed E-state index contributed by atoms with van der Waals surface area (Å²) in [6.07, 6.45) is 1.94. The highest BCUT2D eigenvalue weighted by atomic mass is 14.9. The first-order valence-corrected chi connectivity index (χ1v) is 4.60. The van der Waals surface area contributed by atoms with Gasteiger partial charge in [0.1, 0.15) is 0 Å². The first-order valence-electron chi connectivity index (χ1n) is 4.60. The van der Waals surface area contributed by atoms with Crippen LogP contribution < -0.4 is 5.32 Å². The van der Waals surface area contributed by atoms with Crippen molar-refractivity contribution in [3.8, 4) is 6.07 Å². The molecule has 1 heterocycles. The molecule has 1 aliphatic heterocycles. The first-order chi connectivity index (χ1) is 6.40. The summed E-state index contributed by atoms with van der Waals surface area (Å²) in [6, 6.07) is 10.7. The van der Waals surface area contributed by atoms with Crippen molar-refractivity contribution in [2.24, 2.45) is 0 Å². The Balaban J connectivity index is 2.22. The summed E-state index contributed by atoms with van der Waals surface area (Å²) < 4.78 is 0. The fourth-order valence-electron chi connectivity index (χ4n) is 1.72. The Bertz CT molecular complexity index is 311. The molecule has 0 aliphatic carbocycles. The molecule has 2 heteroatoms. The highest BCUT2D eigenvalue weighted by molar-refractivity contribution is 5.28. The molecule has 0 amide bonds. The van der Waals surface area contributed by atoms with Crippen LogP contribution in [0.15, 0.2) is 24.3 Å². The Hall–Kier alpha value is -1.33. The van der Waals surface area contributed by atoms with E-state index in [1.807, 2.05) is 6.07 Å². The largest absolute Gasteiger partial charge is 0.298 e. The van der Waals surface area contributed by atoms with Crippen molar-refractivity contribution in [2.45, 2.75) is 25.4 Å². The number of rotatable bonds is 0. The van der Waals surface area contributed by atoms with Crippen LogP contribution in [0.2, 0.25) is 0 Å². The maximum Gasteiger partial charge on any atom is 0.0958 e. The Morgan fingerprint density at radius 2 is 2.08 bits per heavy atom. The van der Waals surface area contributed by atoms with Gasteiger partial charge in [0, 0.05) is 6.54 Å². The van der Waals surface area contributed by atoms with Crippen LogP contribution in [0.3, 0.4) is 0 Å². The van der Waals surface area contributed by atoms with E-state index in [9.17, 15) is 0 Å². The number of hydrogen-bond donors (Lipinski definition) is 1. The van der Waals surface area contributed by atoms with Crippen molar-refractivity contribution < 1.29 is 0 Å². The lowest BCUT2D eigenvalue weighted by molar-refractivity contribution is 0.588. The third kappa shape index (κ3) is 1.71. The maximum atomic E-state index is 8.78. The van der Waals surface area contributed by atoms with Crippen molar-refractivity contribution in [2.75, 3.05) is 0 Å². The van der Waals surface area contributed by atoms with Gasteiger partial charge in [-0.1, -0.05) is 24.3 Å². The molecule has 1 aromatic carbocycles. The van der Waals surface area contributed by atoms with Gasteiger partial charge >= 0.3 is 0 Å². The summed E-state index contributed by atoms with van der Waals surface area (Å²) in [5, 5.41) is 12.0. The third-order valence-electron chi connectivity index (χ3n) is 2.52. The van der Waals surface area contributed by atoms with E-state index in [0.717, 1.165) is 19.4 Å². The Labute approximate surface area is 78.2 Å². The van der Waals surface area contributed by atoms with Gasteiger partial charge in [-0.05, 0) is 24.0 Å². The van der Waals surface area contributed by atoms with E-state index in [1.165, 1.54) is 11.1 Å². The quantitative estimate of drug-likeness (QED) is 0.645. The van der Waals surface area contributed by atoms with E-state index in [2.05, 4.69) is 29.6 Å². The normalized spacial score (nSPS) is 21.3. The van der Waals surface area contributed by atoms with Gasteiger partial charge in [-0.15, -0.1) is 0 Å². The van der Waals surface area contributed by atoms with Gasteiger partial charge in [-0.3, -0.25) is 5.32 Å². The number of hydrogen-bond acceptors (Lipinski definition) is 2. The molecule has 1 aromatic rings. The Kier molecular flexibility index (Phi) is 2.29. The maximum absolute atomic E-state index is 8.78. The lowest BCUT2D eigenvalue weighted by Gasteiger charge is -2.04. The summed E-state index contributed by atoms with van der Waals surface area (Å²) in [4.78, 5) is 0. The average Bonchev–Trinajstić information content (AvgIpc) is 2.39. The van der Waals surface area contributed by atoms with E-state index < -0.39 is 0 Å². The number of nitrogens with one attached hydrogen (secondary N) is 1. The highest BCUT2D eigenvalue weighted by Crippen LogP contribution is 2.15. The van der Waals surface area contributed by atoms with Gasteiger partial charge in [0.25, 0.3) is 0 Å². The molecular formula is C11H12N2. The standard InChI is InChI=1S/C11H12N2/c12-7-11-6-5-9-3-1-2-4-10(9)8-13-11/h1-4,11,13H,5-6,8H2/t11-/m0/s1. The number of nitrogens with zero attached hydrogens (tertiary/aromatic N) is 1. The van der Waals surface area contributed by atoms with Crippen LogP contribution in [0.25, 0.3) is 0 Å². The molecule has 2 nitrogen and oxygen atoms in total. The molecule has 0 fully saturated rings. The monoisotopic (exact) mass is 172 g/mol. The second-order valence-corrected chi connectivity index (χ2v) is 3.37. The molecule has 66 valence electrons. The molecule has 0 bridgehead atoms. The Morgan fingerprint density at radius 1 is 1.31 bits per heavy atom. The minimum absolute atomic E-state index is 0.0207. The van der Waals surface area contributed by atoms with Gasteiger partial charge in [0.15, 0.2) is 0 Å². The van der Waals surface area contributed by atoms with E-state index in [0.29, 0.717) is 0 Å². The molecule has 0 radical (unpaired) electrons. The van der Waals surface area contributed by atoms with Crippen molar-refractivity contribution in [3.05, 3.63) is 35.4 Å². The predicted molar refractivity (Wildman–Crippen MR) is 51.0 cm³/mol. The van der Waals surface area contributed by atoms with Gasteiger partial charge in [-0.25, -0.2) is 0 Å². The molecule has 0 saturated carbocycles. The van der Waals surface area contributed by atoms with Crippen molar-refractivity contribution in [3.63, 3.8) is 0 Å². The van der Waals surface area contributed by atoms with Crippen LogP contribution in [0.4, 0.5) is 0 Å². The molecule has 0 unspecified atom stereocenters. The lowest BCUT2D eigenvalue weighted by atomic mass is 10.0. The molecule has 2 rings (SSSR count). The first kappa shape index (κ1) is 8.28. The minimum Gasteiger partial charge on any atom is -0.298 e. The van der Waals surface area contributed by atoms with Gasteiger partial charge in [0.05, 0.1) is 12.1 Å². The average molecular weight is 172 g/mol. The summed E-state index contributed by atoms with van der Waals surface area (Å²) in [5.74, 6) is 0. The van der Waals surface area contributed by atoms with Crippen molar-refractivity contribution in [1.82, 2.24) is 5.32 Å². The van der Waals surface area contributed by atoms with E-state index in [-0.39, 0.29) is 6.04 Å². The SMILES string of the molecule is N#C[C@@H]1CCc2ccccc2CN1. The van der Waals surface area contributed by atoms with Crippen LogP contribution in [0, 0.1) is 11.3 Å². The van der Waals surface area contributed by atoms with Crippen LogP contribution in [0.5, 0.6) is 0 Å². The second kappa shape index (κ2) is 3.59. The summed E-state index contributed by atoms with van der Waals surface area (Å²) in [6.45, 7) is 0.828. The predicted octanol–water partition coefficient (Wildman–Crippen LogP) is 1.61. The lowest BCUT2D eigenvalue weighted by Crippen LogP contribution is -2.25. The van der Waals surface area contributed by atoms with Gasteiger partial charge in [0.2, 0.25) is 0 Å². The molecule has 1 aliphatic rings. The molecule has 0 spiro atoms. The zero-order valence-electron chi connectivity index (χ0n) is 7.46. The summed E-state index contributed by atoms with van der Waals surface area (Å²) in [7, 11) is 0. The molecule has 13 heavy (non-hydrogen) atoms. The number of benzene rings is 1. The van der Waals surface area contributed by atoms with E-state index in [1.54, 1.807) is 0 Å². The molecular weight excluding hydrogens is 160 g/mol. The topological polar surface area (TPSA) is 35.8 Å².